The Morgan fingerprint density at radius 1 is 1.46 bits per heavy atom. The second kappa shape index (κ2) is 3.46. The van der Waals surface area contributed by atoms with Crippen LogP contribution in [0.25, 0.3) is 0 Å². The molecule has 1 nitrogen and oxygen atoms in total. The van der Waals surface area contributed by atoms with Crippen LogP contribution in [0, 0.1) is 0 Å². The molecule has 1 heterocycles. The smallest absolute Gasteiger partial charge is 0.145 e. The fourth-order valence-electron chi connectivity index (χ4n) is 1.82. The van der Waals surface area contributed by atoms with Gasteiger partial charge in [-0.2, -0.15) is 0 Å². The molecule has 0 spiro atoms. The fourth-order valence-corrected chi connectivity index (χ4v) is 2.73. The van der Waals surface area contributed by atoms with Gasteiger partial charge in [0, 0.05) is 11.3 Å². The highest BCUT2D eigenvalue weighted by Gasteiger charge is 2.27. The number of rotatable bonds is 1. The molecular formula is C11H12OS. The molecule has 0 aromatic carbocycles. The zero-order valence-electron chi connectivity index (χ0n) is 7.45. The van der Waals surface area contributed by atoms with Gasteiger partial charge in [-0.3, -0.25) is 4.79 Å². The lowest BCUT2D eigenvalue weighted by Crippen LogP contribution is -2.18. The first-order valence-electron chi connectivity index (χ1n) is 4.53. The summed E-state index contributed by atoms with van der Waals surface area (Å²) in [5.74, 6) is 0.354. The van der Waals surface area contributed by atoms with Crippen molar-refractivity contribution in [3.63, 3.8) is 0 Å². The van der Waals surface area contributed by atoms with Gasteiger partial charge in [0.05, 0.1) is 5.92 Å². The normalized spacial score (nSPS) is 23.5. The van der Waals surface area contributed by atoms with E-state index in [0.717, 1.165) is 29.7 Å². The summed E-state index contributed by atoms with van der Waals surface area (Å²) in [5.41, 5.74) is 1.10. The predicted octanol–water partition coefficient (Wildman–Crippen LogP) is 3.14. The molecule has 0 saturated heterocycles. The average Bonchev–Trinajstić information content (AvgIpc) is 2.57. The molecule has 2 heteroatoms. The van der Waals surface area contributed by atoms with Crippen molar-refractivity contribution in [2.24, 2.45) is 0 Å². The Morgan fingerprint density at radius 2 is 2.31 bits per heavy atom. The standard InChI is InChI=1S/C11H12OS/c1-8-4-2-5-9(12)11(8)10-6-3-7-13-10/h3,6-7,11H,1-2,4-5H2. The number of Topliss-reactive ketones (excluding diaryl/α,β-unsaturated/α-hetero) is 1. The molecule has 1 atom stereocenters. The molecule has 0 bridgehead atoms. The summed E-state index contributed by atoms with van der Waals surface area (Å²) < 4.78 is 0. The van der Waals surface area contributed by atoms with Crippen LogP contribution in [0.5, 0.6) is 0 Å². The second-order valence-electron chi connectivity index (χ2n) is 3.43. The maximum Gasteiger partial charge on any atom is 0.145 e. The summed E-state index contributed by atoms with van der Waals surface area (Å²) in [6, 6.07) is 4.03. The number of thiophene rings is 1. The van der Waals surface area contributed by atoms with Crippen molar-refractivity contribution in [2.75, 3.05) is 0 Å². The van der Waals surface area contributed by atoms with Crippen LogP contribution in [0.3, 0.4) is 0 Å². The number of ketones is 1. The summed E-state index contributed by atoms with van der Waals surface area (Å²) in [6.07, 6.45) is 2.72. The van der Waals surface area contributed by atoms with Crippen molar-refractivity contribution in [2.45, 2.75) is 25.2 Å². The molecule has 0 N–H and O–H groups in total. The lowest BCUT2D eigenvalue weighted by Gasteiger charge is -2.21. The van der Waals surface area contributed by atoms with Gasteiger partial charge in [-0.15, -0.1) is 11.3 Å². The molecule has 1 aliphatic rings. The van der Waals surface area contributed by atoms with E-state index in [4.69, 9.17) is 0 Å². The molecule has 0 amide bonds. The Kier molecular flexibility index (Phi) is 2.32. The van der Waals surface area contributed by atoms with E-state index in [1.165, 1.54) is 0 Å². The lowest BCUT2D eigenvalue weighted by atomic mass is 9.83. The fraction of sp³-hybridized carbons (Fsp3) is 0.364. The maximum atomic E-state index is 11.6. The number of allylic oxidation sites excluding steroid dienone is 1. The highest BCUT2D eigenvalue weighted by molar-refractivity contribution is 7.10. The second-order valence-corrected chi connectivity index (χ2v) is 4.41. The van der Waals surface area contributed by atoms with Crippen LogP contribution >= 0.6 is 11.3 Å². The van der Waals surface area contributed by atoms with E-state index in [1.807, 2.05) is 17.5 Å². The largest absolute Gasteiger partial charge is 0.299 e. The highest BCUT2D eigenvalue weighted by atomic mass is 32.1. The molecule has 1 saturated carbocycles. The third-order valence-electron chi connectivity index (χ3n) is 2.48. The molecule has 1 aromatic heterocycles. The predicted molar refractivity (Wildman–Crippen MR) is 55.1 cm³/mol. The summed E-state index contributed by atoms with van der Waals surface area (Å²) >= 11 is 1.66. The Morgan fingerprint density at radius 3 is 2.92 bits per heavy atom. The van der Waals surface area contributed by atoms with E-state index in [9.17, 15) is 4.79 Å². The van der Waals surface area contributed by atoms with Gasteiger partial charge in [-0.05, 0) is 24.3 Å². The van der Waals surface area contributed by atoms with Gasteiger partial charge in [0.25, 0.3) is 0 Å². The minimum atomic E-state index is 0.00810. The summed E-state index contributed by atoms with van der Waals surface area (Å²) in [6.45, 7) is 3.99. The highest BCUT2D eigenvalue weighted by Crippen LogP contribution is 2.35. The summed E-state index contributed by atoms with van der Waals surface area (Å²) in [5, 5.41) is 2.02. The molecule has 13 heavy (non-hydrogen) atoms. The van der Waals surface area contributed by atoms with Crippen LogP contribution in [-0.2, 0) is 4.79 Å². The van der Waals surface area contributed by atoms with Gasteiger partial charge in [-0.25, -0.2) is 0 Å². The van der Waals surface area contributed by atoms with Crippen molar-refractivity contribution in [3.8, 4) is 0 Å². The average molecular weight is 192 g/mol. The molecule has 68 valence electrons. The van der Waals surface area contributed by atoms with Gasteiger partial charge in [0.1, 0.15) is 5.78 Å². The first-order valence-corrected chi connectivity index (χ1v) is 5.41. The number of hydrogen-bond acceptors (Lipinski definition) is 2. The van der Waals surface area contributed by atoms with Crippen molar-refractivity contribution >= 4 is 17.1 Å². The topological polar surface area (TPSA) is 17.1 Å². The van der Waals surface area contributed by atoms with Gasteiger partial charge >= 0.3 is 0 Å². The molecule has 0 aliphatic heterocycles. The van der Waals surface area contributed by atoms with Gasteiger partial charge < -0.3 is 0 Å². The van der Waals surface area contributed by atoms with Crippen molar-refractivity contribution < 1.29 is 4.79 Å². The molecule has 1 fully saturated rings. The zero-order chi connectivity index (χ0) is 9.26. The maximum absolute atomic E-state index is 11.6. The third kappa shape index (κ3) is 1.59. The molecule has 1 aromatic rings. The van der Waals surface area contributed by atoms with Gasteiger partial charge in [0.15, 0.2) is 0 Å². The first kappa shape index (κ1) is 8.70. The van der Waals surface area contributed by atoms with E-state index < -0.39 is 0 Å². The Bertz CT molecular complexity index is 308. The van der Waals surface area contributed by atoms with Crippen LogP contribution < -0.4 is 0 Å². The monoisotopic (exact) mass is 192 g/mol. The number of hydrogen-bond donors (Lipinski definition) is 0. The summed E-state index contributed by atoms with van der Waals surface area (Å²) in [4.78, 5) is 12.8. The van der Waals surface area contributed by atoms with Gasteiger partial charge in [0.2, 0.25) is 0 Å². The Labute approximate surface area is 82.1 Å². The molecule has 1 unspecified atom stereocenters. The molecule has 0 radical (unpaired) electrons. The van der Waals surface area contributed by atoms with Crippen LogP contribution in [0.2, 0.25) is 0 Å². The van der Waals surface area contributed by atoms with E-state index in [1.54, 1.807) is 11.3 Å². The van der Waals surface area contributed by atoms with Crippen LogP contribution in [0.1, 0.15) is 30.1 Å². The molecule has 2 rings (SSSR count). The minimum absolute atomic E-state index is 0.00810. The molecular weight excluding hydrogens is 180 g/mol. The van der Waals surface area contributed by atoms with Crippen LogP contribution in [0.4, 0.5) is 0 Å². The molecule has 1 aliphatic carbocycles. The van der Waals surface area contributed by atoms with E-state index in [-0.39, 0.29) is 5.92 Å². The van der Waals surface area contributed by atoms with Crippen molar-refractivity contribution in [1.29, 1.82) is 0 Å². The minimum Gasteiger partial charge on any atom is -0.299 e. The SMILES string of the molecule is C=C1CCCC(=O)C1c1cccs1. The first-order chi connectivity index (χ1) is 6.29. The zero-order valence-corrected chi connectivity index (χ0v) is 8.27. The van der Waals surface area contributed by atoms with E-state index >= 15 is 0 Å². The number of carbonyl (C=O) groups is 1. The van der Waals surface area contributed by atoms with Crippen LogP contribution in [-0.4, -0.2) is 5.78 Å². The van der Waals surface area contributed by atoms with Crippen molar-refractivity contribution in [1.82, 2.24) is 0 Å². The third-order valence-corrected chi connectivity index (χ3v) is 3.42. The van der Waals surface area contributed by atoms with Crippen molar-refractivity contribution in [3.05, 3.63) is 34.5 Å². The van der Waals surface area contributed by atoms with E-state index in [0.29, 0.717) is 5.78 Å². The van der Waals surface area contributed by atoms with Gasteiger partial charge in [-0.1, -0.05) is 18.2 Å². The van der Waals surface area contributed by atoms with E-state index in [2.05, 4.69) is 6.58 Å². The number of carbonyl (C=O) groups excluding carboxylic acids is 1. The quantitative estimate of drug-likeness (QED) is 0.625. The Hall–Kier alpha value is -0.890. The van der Waals surface area contributed by atoms with Crippen LogP contribution in [0.15, 0.2) is 29.7 Å². The Balaban J connectivity index is 2.29. The summed E-state index contributed by atoms with van der Waals surface area (Å²) in [7, 11) is 0. The lowest BCUT2D eigenvalue weighted by molar-refractivity contribution is -0.120.